The molecule has 0 fully saturated rings. The number of aromatic nitrogens is 2. The van der Waals surface area contributed by atoms with Gasteiger partial charge in [0.15, 0.2) is 0 Å². The molecule has 0 radical (unpaired) electrons. The summed E-state index contributed by atoms with van der Waals surface area (Å²) in [6, 6.07) is 9.54. The molecule has 1 aromatic carbocycles. The smallest absolute Gasteiger partial charge is 0.341 e. The average Bonchev–Trinajstić information content (AvgIpc) is 2.89. The van der Waals surface area contributed by atoms with Crippen LogP contribution in [0.1, 0.15) is 34.3 Å². The van der Waals surface area contributed by atoms with E-state index in [1.165, 1.54) is 23.0 Å². The summed E-state index contributed by atoms with van der Waals surface area (Å²) in [5.41, 5.74) is -0.297. The van der Waals surface area contributed by atoms with E-state index in [1.807, 2.05) is 13.0 Å². The Kier molecular flexibility index (Phi) is 7.43. The Morgan fingerprint density at radius 3 is 2.78 bits per heavy atom. The highest BCUT2D eigenvalue weighted by atomic mass is 19.1. The summed E-state index contributed by atoms with van der Waals surface area (Å²) in [6.45, 7) is 2.23. The van der Waals surface area contributed by atoms with Gasteiger partial charge < -0.3 is 24.8 Å². The van der Waals surface area contributed by atoms with Gasteiger partial charge in [-0.3, -0.25) is 9.79 Å². The molecule has 0 saturated carbocycles. The summed E-state index contributed by atoms with van der Waals surface area (Å²) in [5, 5.41) is 22.2. The van der Waals surface area contributed by atoms with Crippen LogP contribution >= 0.6 is 0 Å². The molecule has 0 bridgehead atoms. The van der Waals surface area contributed by atoms with E-state index in [4.69, 9.17) is 4.74 Å². The van der Waals surface area contributed by atoms with E-state index < -0.39 is 28.7 Å². The predicted octanol–water partition coefficient (Wildman–Crippen LogP) is 4.18. The number of carbonyl (C=O) groups is 1. The Morgan fingerprint density at radius 1 is 1.28 bits per heavy atom. The molecule has 1 aliphatic rings. The number of nitrogens with zero attached hydrogens (tertiary/aromatic N) is 3. The van der Waals surface area contributed by atoms with Gasteiger partial charge in [-0.2, -0.15) is 0 Å². The number of anilines is 1. The van der Waals surface area contributed by atoms with E-state index in [2.05, 4.69) is 15.3 Å². The van der Waals surface area contributed by atoms with Crippen LogP contribution in [0.25, 0.3) is 11.8 Å². The number of phenolic OH excluding ortho intramolecular Hbond substituents is 1. The molecule has 10 heteroatoms. The number of carboxylic acids is 1. The van der Waals surface area contributed by atoms with Crippen LogP contribution in [0.15, 0.2) is 64.4 Å². The molecule has 1 aliphatic heterocycles. The average molecular weight is 493 g/mol. The highest BCUT2D eigenvalue weighted by molar-refractivity contribution is 5.90. The Morgan fingerprint density at radius 2 is 2.06 bits per heavy atom. The first-order valence-electron chi connectivity index (χ1n) is 11.3. The maximum absolute atomic E-state index is 15.7. The van der Waals surface area contributed by atoms with Crippen LogP contribution in [0.3, 0.4) is 0 Å². The summed E-state index contributed by atoms with van der Waals surface area (Å²) < 4.78 is 22.9. The van der Waals surface area contributed by atoms with Crippen LogP contribution < -0.4 is 15.5 Å². The molecule has 0 saturated heterocycles. The first-order valence-corrected chi connectivity index (χ1v) is 11.3. The number of benzene rings is 1. The molecular weight excluding hydrogens is 467 g/mol. The van der Waals surface area contributed by atoms with Gasteiger partial charge in [0.05, 0.1) is 18.5 Å². The number of fused-ring (bicyclic) bond motifs is 1. The second-order valence-electron chi connectivity index (χ2n) is 8.31. The molecule has 3 heterocycles. The Labute approximate surface area is 206 Å². The van der Waals surface area contributed by atoms with Gasteiger partial charge in [0.1, 0.15) is 23.0 Å². The molecule has 0 amide bonds. The third kappa shape index (κ3) is 5.43. The fourth-order valence-corrected chi connectivity index (χ4v) is 3.84. The molecule has 0 aliphatic carbocycles. The van der Waals surface area contributed by atoms with Gasteiger partial charge in [0.2, 0.25) is 11.3 Å². The first-order chi connectivity index (χ1) is 17.3. The minimum absolute atomic E-state index is 0.0114. The number of phenols is 1. The number of carboxylic acid groups (broad SMARTS) is 1. The monoisotopic (exact) mass is 492 g/mol. The van der Waals surface area contributed by atoms with E-state index >= 15 is 4.39 Å². The van der Waals surface area contributed by atoms with Crippen LogP contribution in [0, 0.1) is 12.8 Å². The number of aliphatic imine (C=N–C) groups is 1. The lowest BCUT2D eigenvalue weighted by molar-refractivity contribution is 0.0694. The molecule has 4 rings (SSSR count). The van der Waals surface area contributed by atoms with Gasteiger partial charge in [-0.25, -0.2) is 14.2 Å². The highest BCUT2D eigenvalue weighted by Gasteiger charge is 2.23. The van der Waals surface area contributed by atoms with E-state index in [0.29, 0.717) is 31.0 Å². The van der Waals surface area contributed by atoms with Crippen molar-refractivity contribution in [2.45, 2.75) is 19.8 Å². The zero-order valence-electron chi connectivity index (χ0n) is 19.5. The number of pyridine rings is 2. The largest absolute Gasteiger partial charge is 0.508 e. The lowest BCUT2D eigenvalue weighted by Crippen LogP contribution is -2.23. The number of aromatic hydroxyl groups is 1. The molecule has 3 aromatic rings. The van der Waals surface area contributed by atoms with Gasteiger partial charge >= 0.3 is 5.97 Å². The third-order valence-electron chi connectivity index (χ3n) is 5.79. The predicted molar refractivity (Wildman–Crippen MR) is 134 cm³/mol. The Hall–Kier alpha value is -4.47. The maximum Gasteiger partial charge on any atom is 0.341 e. The molecule has 9 nitrogen and oxygen atoms in total. The van der Waals surface area contributed by atoms with Crippen LogP contribution in [-0.2, 0) is 0 Å². The van der Waals surface area contributed by atoms with Crippen LogP contribution in [-0.4, -0.2) is 45.2 Å². The summed E-state index contributed by atoms with van der Waals surface area (Å²) in [7, 11) is 0. The first kappa shape index (κ1) is 24.6. The number of ether oxygens (including phenoxy) is 1. The number of hydrogen-bond acceptors (Lipinski definition) is 7. The van der Waals surface area contributed by atoms with Crippen molar-refractivity contribution in [1.29, 1.82) is 0 Å². The van der Waals surface area contributed by atoms with Gasteiger partial charge in [-0.15, -0.1) is 0 Å². The molecule has 0 spiro atoms. The van der Waals surface area contributed by atoms with Gasteiger partial charge in [0.25, 0.3) is 0 Å². The van der Waals surface area contributed by atoms with E-state index in [1.54, 1.807) is 24.4 Å². The van der Waals surface area contributed by atoms with Crippen molar-refractivity contribution in [2.75, 3.05) is 18.5 Å². The van der Waals surface area contributed by atoms with E-state index in [9.17, 15) is 19.8 Å². The quantitative estimate of drug-likeness (QED) is 0.488. The van der Waals surface area contributed by atoms with Crippen LogP contribution in [0.5, 0.6) is 11.6 Å². The molecule has 3 N–H and O–H groups in total. The van der Waals surface area contributed by atoms with Gasteiger partial charge in [0, 0.05) is 36.1 Å². The fraction of sp³-hybridized carbons (Fsp3) is 0.231. The molecule has 186 valence electrons. The van der Waals surface area contributed by atoms with Crippen molar-refractivity contribution in [1.82, 2.24) is 9.55 Å². The van der Waals surface area contributed by atoms with Gasteiger partial charge in [-0.1, -0.05) is 6.07 Å². The molecule has 1 unspecified atom stereocenters. The molecule has 2 aromatic heterocycles. The van der Waals surface area contributed by atoms with Gasteiger partial charge in [-0.05, 0) is 56.2 Å². The van der Waals surface area contributed by atoms with Crippen molar-refractivity contribution in [3.63, 3.8) is 0 Å². The number of nitrogens with one attached hydrogen (secondary N) is 1. The number of aromatic carboxylic acids is 1. The summed E-state index contributed by atoms with van der Waals surface area (Å²) >= 11 is 0. The second kappa shape index (κ2) is 10.9. The topological polar surface area (TPSA) is 126 Å². The van der Waals surface area contributed by atoms with Crippen molar-refractivity contribution in [3.05, 3.63) is 81.5 Å². The highest BCUT2D eigenvalue weighted by Crippen LogP contribution is 2.28. The summed E-state index contributed by atoms with van der Waals surface area (Å²) in [4.78, 5) is 33.5. The lowest BCUT2D eigenvalue weighted by Gasteiger charge is -2.18. The minimum Gasteiger partial charge on any atom is -0.508 e. The van der Waals surface area contributed by atoms with E-state index in [0.717, 1.165) is 17.8 Å². The fourth-order valence-electron chi connectivity index (χ4n) is 3.84. The Balaban J connectivity index is 1.83. The zero-order valence-corrected chi connectivity index (χ0v) is 19.5. The van der Waals surface area contributed by atoms with E-state index in [-0.39, 0.29) is 23.7 Å². The van der Waals surface area contributed by atoms with Crippen molar-refractivity contribution in [2.24, 2.45) is 10.9 Å². The molecular formula is C26H25FN4O5. The molecule has 1 atom stereocenters. The minimum atomic E-state index is -1.45. The lowest BCUT2D eigenvalue weighted by atomic mass is 10.00. The number of aryl methyl sites for hydroxylation is 1. The summed E-state index contributed by atoms with van der Waals surface area (Å²) in [6.07, 6.45) is 6.16. The van der Waals surface area contributed by atoms with Crippen LogP contribution in [0.4, 0.5) is 10.2 Å². The molecule has 36 heavy (non-hydrogen) atoms. The second-order valence-corrected chi connectivity index (χ2v) is 8.31. The van der Waals surface area contributed by atoms with Crippen molar-refractivity contribution >= 4 is 24.2 Å². The number of hydrogen-bond donors (Lipinski definition) is 3. The summed E-state index contributed by atoms with van der Waals surface area (Å²) in [5.74, 6) is -2.23. The van der Waals surface area contributed by atoms with Crippen molar-refractivity contribution in [3.8, 4) is 17.3 Å². The number of rotatable bonds is 5. The third-order valence-corrected chi connectivity index (χ3v) is 5.79. The zero-order chi connectivity index (χ0) is 25.7. The van der Waals surface area contributed by atoms with Crippen LogP contribution in [0.2, 0.25) is 0 Å². The number of halogens is 1. The SMILES string of the molecule is Cc1cccnc1OCC1CCCN=CNc2c(c(=O)c(C(=O)O)cn2-c2ccc(O)cc2)/C=C\1F. The Bertz CT molecular complexity index is 1380. The standard InChI is InChI=1S/C26H25FN4O5/c1-16-4-2-11-29-25(16)36-14-17-5-3-10-28-15-30-24-20(12-22(17)27)23(33)21(26(34)35)13-31(24)18-6-8-19(32)9-7-18/h2,4,6-9,11-13,15,17,32H,3,5,10,14H2,1H3,(H,28,30)(H,34,35)/b22-12+. The van der Waals surface area contributed by atoms with Crippen molar-refractivity contribution < 1.29 is 24.1 Å². The normalized spacial score (nSPS) is 17.2. The maximum atomic E-state index is 15.7.